The molecule has 1 aromatic carbocycles. The highest BCUT2D eigenvalue weighted by atomic mass is 79.9. The van der Waals surface area contributed by atoms with Crippen LogP contribution in [-0.4, -0.2) is 34.4 Å². The van der Waals surface area contributed by atoms with Gasteiger partial charge in [0.25, 0.3) is 5.91 Å². The summed E-state index contributed by atoms with van der Waals surface area (Å²) in [5.41, 5.74) is 0.0235. The minimum Gasteiger partial charge on any atom is -0.506 e. The van der Waals surface area contributed by atoms with Gasteiger partial charge in [0.1, 0.15) is 17.9 Å². The lowest BCUT2D eigenvalue weighted by atomic mass is 10.1. The molecule has 3 N–H and O–H groups in total. The quantitative estimate of drug-likeness (QED) is 0.722. The molecule has 0 unspecified atom stereocenters. The molecule has 98 valence electrons. The third-order valence-electron chi connectivity index (χ3n) is 2.57. The van der Waals surface area contributed by atoms with Crippen LogP contribution in [0.1, 0.15) is 15.9 Å². The van der Waals surface area contributed by atoms with Gasteiger partial charge >= 0.3 is 5.97 Å². The molecule has 0 spiro atoms. The number of ketones is 1. The van der Waals surface area contributed by atoms with Crippen molar-refractivity contribution < 1.29 is 24.6 Å². The second-order valence-electron chi connectivity index (χ2n) is 3.82. The number of aliphatic hydroxyl groups excluding tert-OH is 1. The Bertz CT molecular complexity index is 635. The highest BCUT2D eigenvalue weighted by Gasteiger charge is 2.34. The van der Waals surface area contributed by atoms with Gasteiger partial charge in [-0.25, -0.2) is 0 Å². The molecular weight excluding hydrogens is 318 g/mol. The Balaban J connectivity index is 2.35. The van der Waals surface area contributed by atoms with Crippen LogP contribution in [0.15, 0.2) is 28.2 Å². The Morgan fingerprint density at radius 1 is 1.26 bits per heavy atom. The molecule has 0 saturated heterocycles. The molecule has 19 heavy (non-hydrogen) atoms. The van der Waals surface area contributed by atoms with Gasteiger partial charge in [0.2, 0.25) is 5.78 Å². The van der Waals surface area contributed by atoms with Crippen LogP contribution in [-0.2, 0) is 9.59 Å². The summed E-state index contributed by atoms with van der Waals surface area (Å²) in [5, 5.41) is 20.4. The van der Waals surface area contributed by atoms with E-state index in [1.165, 1.54) is 12.1 Å². The zero-order chi connectivity index (χ0) is 14.2. The molecule has 2 rings (SSSR count). The van der Waals surface area contributed by atoms with Crippen molar-refractivity contribution in [3.63, 3.8) is 0 Å². The van der Waals surface area contributed by atoms with E-state index in [1.807, 2.05) is 5.32 Å². The van der Waals surface area contributed by atoms with Crippen LogP contribution in [0, 0.1) is 0 Å². The standard InChI is InChI=1S/C12H8BrNO5/c13-5-1-2-6-7(3-5)11(18)9(10(6)17)12(19)14-4-8(15)16/h1-3,18H,4H2,(H,14,19)(H,15,16). The summed E-state index contributed by atoms with van der Waals surface area (Å²) in [5.74, 6) is -3.21. The lowest BCUT2D eigenvalue weighted by Crippen LogP contribution is -2.32. The van der Waals surface area contributed by atoms with E-state index in [0.717, 1.165) is 0 Å². The summed E-state index contributed by atoms with van der Waals surface area (Å²) in [6.07, 6.45) is 0. The van der Waals surface area contributed by atoms with Crippen molar-refractivity contribution in [3.8, 4) is 0 Å². The van der Waals surface area contributed by atoms with E-state index in [9.17, 15) is 19.5 Å². The van der Waals surface area contributed by atoms with E-state index < -0.39 is 35.5 Å². The highest BCUT2D eigenvalue weighted by Crippen LogP contribution is 2.32. The third-order valence-corrected chi connectivity index (χ3v) is 3.07. The topological polar surface area (TPSA) is 104 Å². The predicted octanol–water partition coefficient (Wildman–Crippen LogP) is 1.12. The van der Waals surface area contributed by atoms with Crippen LogP contribution in [0.25, 0.3) is 5.76 Å². The van der Waals surface area contributed by atoms with Gasteiger partial charge in [0.15, 0.2) is 0 Å². The zero-order valence-electron chi connectivity index (χ0n) is 9.44. The minimum absolute atomic E-state index is 0.209. The molecule has 0 aromatic heterocycles. The second-order valence-corrected chi connectivity index (χ2v) is 4.73. The predicted molar refractivity (Wildman–Crippen MR) is 68.7 cm³/mol. The number of aliphatic hydroxyl groups is 1. The van der Waals surface area contributed by atoms with Crippen molar-refractivity contribution in [2.45, 2.75) is 0 Å². The van der Waals surface area contributed by atoms with Crippen molar-refractivity contribution in [2.24, 2.45) is 0 Å². The lowest BCUT2D eigenvalue weighted by Gasteiger charge is -2.02. The number of halogens is 1. The maximum absolute atomic E-state index is 12.0. The molecule has 0 heterocycles. The van der Waals surface area contributed by atoms with Gasteiger partial charge < -0.3 is 15.5 Å². The van der Waals surface area contributed by atoms with Gasteiger partial charge in [-0.1, -0.05) is 15.9 Å². The number of carbonyl (C=O) groups is 3. The number of benzene rings is 1. The molecule has 0 bridgehead atoms. The molecule has 0 radical (unpaired) electrons. The Morgan fingerprint density at radius 3 is 2.58 bits per heavy atom. The fraction of sp³-hybridized carbons (Fsp3) is 0.0833. The Kier molecular flexibility index (Phi) is 3.39. The van der Waals surface area contributed by atoms with Crippen LogP contribution < -0.4 is 5.32 Å². The molecule has 6 nitrogen and oxygen atoms in total. The smallest absolute Gasteiger partial charge is 0.322 e. The van der Waals surface area contributed by atoms with Gasteiger partial charge in [-0.15, -0.1) is 0 Å². The average Bonchev–Trinajstić information content (AvgIpc) is 2.59. The van der Waals surface area contributed by atoms with E-state index in [-0.39, 0.29) is 11.1 Å². The lowest BCUT2D eigenvalue weighted by molar-refractivity contribution is -0.137. The minimum atomic E-state index is -1.24. The maximum Gasteiger partial charge on any atom is 0.322 e. The summed E-state index contributed by atoms with van der Waals surface area (Å²) in [6, 6.07) is 4.61. The number of carboxylic acid groups (broad SMARTS) is 1. The van der Waals surface area contributed by atoms with Crippen molar-refractivity contribution in [2.75, 3.05) is 6.54 Å². The van der Waals surface area contributed by atoms with Crippen molar-refractivity contribution in [1.29, 1.82) is 0 Å². The van der Waals surface area contributed by atoms with Crippen LogP contribution in [0.3, 0.4) is 0 Å². The van der Waals surface area contributed by atoms with Gasteiger partial charge in [-0.2, -0.15) is 0 Å². The Morgan fingerprint density at radius 2 is 1.95 bits per heavy atom. The molecule has 0 aliphatic heterocycles. The molecule has 1 amide bonds. The summed E-state index contributed by atoms with van der Waals surface area (Å²) in [6.45, 7) is -0.622. The average molecular weight is 326 g/mol. The van der Waals surface area contributed by atoms with E-state index >= 15 is 0 Å². The van der Waals surface area contributed by atoms with Crippen LogP contribution in [0.5, 0.6) is 0 Å². The Hall–Kier alpha value is -2.15. The number of fused-ring (bicyclic) bond motifs is 1. The van der Waals surface area contributed by atoms with Crippen LogP contribution in [0.4, 0.5) is 0 Å². The van der Waals surface area contributed by atoms with Gasteiger partial charge in [-0.3, -0.25) is 14.4 Å². The number of hydrogen-bond acceptors (Lipinski definition) is 4. The normalized spacial score (nSPS) is 13.4. The van der Waals surface area contributed by atoms with Crippen LogP contribution in [0.2, 0.25) is 0 Å². The van der Waals surface area contributed by atoms with Crippen molar-refractivity contribution >= 4 is 39.3 Å². The van der Waals surface area contributed by atoms with E-state index in [0.29, 0.717) is 4.47 Å². The number of aliphatic carboxylic acids is 1. The van der Waals surface area contributed by atoms with Crippen molar-refractivity contribution in [1.82, 2.24) is 5.32 Å². The highest BCUT2D eigenvalue weighted by molar-refractivity contribution is 9.10. The summed E-state index contributed by atoms with van der Waals surface area (Å²) in [7, 11) is 0. The fourth-order valence-corrected chi connectivity index (χ4v) is 2.10. The summed E-state index contributed by atoms with van der Waals surface area (Å²) >= 11 is 3.20. The number of nitrogens with one attached hydrogen (secondary N) is 1. The molecule has 1 aromatic rings. The van der Waals surface area contributed by atoms with Gasteiger partial charge in [0, 0.05) is 15.6 Å². The first kappa shape index (κ1) is 13.3. The molecule has 0 saturated carbocycles. The van der Waals surface area contributed by atoms with Crippen molar-refractivity contribution in [3.05, 3.63) is 39.4 Å². The number of carboxylic acids is 1. The maximum atomic E-state index is 12.0. The molecule has 0 atom stereocenters. The van der Waals surface area contributed by atoms with Crippen LogP contribution >= 0.6 is 15.9 Å². The second kappa shape index (κ2) is 4.85. The molecule has 0 fully saturated rings. The van der Waals surface area contributed by atoms with Gasteiger partial charge in [0.05, 0.1) is 0 Å². The third kappa shape index (κ3) is 2.37. The number of hydrogen-bond donors (Lipinski definition) is 3. The molecule has 1 aliphatic carbocycles. The van der Waals surface area contributed by atoms with E-state index in [4.69, 9.17) is 5.11 Å². The number of Topliss-reactive ketones (excluding diaryl/α,β-unsaturated/α-hetero) is 1. The first-order valence-electron chi connectivity index (χ1n) is 5.19. The van der Waals surface area contributed by atoms with E-state index in [1.54, 1.807) is 6.07 Å². The summed E-state index contributed by atoms with van der Waals surface area (Å²) in [4.78, 5) is 34.0. The SMILES string of the molecule is O=C(O)CNC(=O)C1=C(O)c2cc(Br)ccc2C1=O. The van der Waals surface area contributed by atoms with E-state index in [2.05, 4.69) is 15.9 Å². The largest absolute Gasteiger partial charge is 0.506 e. The Labute approximate surface area is 115 Å². The van der Waals surface area contributed by atoms with Gasteiger partial charge in [-0.05, 0) is 18.2 Å². The first-order chi connectivity index (χ1) is 8.91. The first-order valence-corrected chi connectivity index (χ1v) is 5.99. The number of rotatable bonds is 3. The zero-order valence-corrected chi connectivity index (χ0v) is 11.0. The number of amides is 1. The molecular formula is C12H8BrNO5. The molecule has 1 aliphatic rings. The number of carbonyl (C=O) groups excluding carboxylic acids is 2. The summed E-state index contributed by atoms with van der Waals surface area (Å²) < 4.78 is 0.651. The fourth-order valence-electron chi connectivity index (χ4n) is 1.74. The monoisotopic (exact) mass is 325 g/mol. The molecule has 7 heteroatoms.